The van der Waals surface area contributed by atoms with Crippen LogP contribution >= 0.6 is 23.2 Å². The highest BCUT2D eigenvalue weighted by atomic mass is 35.5. The van der Waals surface area contributed by atoms with Gasteiger partial charge in [-0.2, -0.15) is 0 Å². The van der Waals surface area contributed by atoms with Gasteiger partial charge in [-0.3, -0.25) is 0 Å². The zero-order valence-electron chi connectivity index (χ0n) is 8.52. The summed E-state index contributed by atoms with van der Waals surface area (Å²) in [6.07, 6.45) is 2.28. The Morgan fingerprint density at radius 2 is 2.20 bits per heavy atom. The van der Waals surface area contributed by atoms with Gasteiger partial charge < -0.3 is 10.1 Å². The molecule has 0 bridgehead atoms. The first-order valence-electron chi connectivity index (χ1n) is 4.98. The largest absolute Gasteiger partial charge is 0.495 e. The van der Waals surface area contributed by atoms with Gasteiger partial charge in [0, 0.05) is 16.6 Å². The maximum absolute atomic E-state index is 6.08. The van der Waals surface area contributed by atoms with Gasteiger partial charge in [0.15, 0.2) is 0 Å². The van der Waals surface area contributed by atoms with E-state index in [0.717, 1.165) is 24.3 Å². The number of nitrogens with one attached hydrogen (secondary N) is 1. The van der Waals surface area contributed by atoms with Crippen molar-refractivity contribution in [3.8, 4) is 5.75 Å². The summed E-state index contributed by atoms with van der Waals surface area (Å²) in [6.45, 7) is 1.04. The van der Waals surface area contributed by atoms with Crippen LogP contribution in [0.2, 0.25) is 10.0 Å². The fourth-order valence-electron chi connectivity index (χ4n) is 2.00. The Hall–Kier alpha value is -0.440. The minimum absolute atomic E-state index is 0.316. The third-order valence-electron chi connectivity index (χ3n) is 2.68. The summed E-state index contributed by atoms with van der Waals surface area (Å²) < 4.78 is 5.31. The molecule has 1 aliphatic heterocycles. The third-order valence-corrected chi connectivity index (χ3v) is 3.18. The topological polar surface area (TPSA) is 21.3 Å². The van der Waals surface area contributed by atoms with Crippen LogP contribution in [0.5, 0.6) is 5.75 Å². The van der Waals surface area contributed by atoms with E-state index in [4.69, 9.17) is 27.9 Å². The van der Waals surface area contributed by atoms with Gasteiger partial charge >= 0.3 is 0 Å². The van der Waals surface area contributed by atoms with E-state index >= 15 is 0 Å². The smallest absolute Gasteiger partial charge is 0.142 e. The van der Waals surface area contributed by atoms with Gasteiger partial charge in [0.05, 0.1) is 12.1 Å². The number of benzene rings is 1. The van der Waals surface area contributed by atoms with E-state index in [1.807, 2.05) is 6.07 Å². The zero-order chi connectivity index (χ0) is 10.8. The Bertz CT molecular complexity index is 362. The summed E-state index contributed by atoms with van der Waals surface area (Å²) in [6, 6.07) is 3.95. The first-order valence-corrected chi connectivity index (χ1v) is 5.74. The van der Waals surface area contributed by atoms with E-state index in [1.165, 1.54) is 6.42 Å². The molecule has 2 rings (SSSR count). The van der Waals surface area contributed by atoms with Crippen molar-refractivity contribution in [1.82, 2.24) is 5.32 Å². The molecule has 1 fully saturated rings. The van der Waals surface area contributed by atoms with Crippen molar-refractivity contribution in [3.63, 3.8) is 0 Å². The molecule has 2 nitrogen and oxygen atoms in total. The zero-order valence-corrected chi connectivity index (χ0v) is 10.0. The average Bonchev–Trinajstić information content (AvgIpc) is 2.69. The molecular formula is C11H13Cl2NO. The van der Waals surface area contributed by atoms with Crippen LogP contribution in [0.25, 0.3) is 0 Å². The number of halogens is 2. The highest BCUT2D eigenvalue weighted by molar-refractivity contribution is 6.35. The summed E-state index contributed by atoms with van der Waals surface area (Å²) in [5, 5.41) is 4.64. The Morgan fingerprint density at radius 3 is 2.80 bits per heavy atom. The van der Waals surface area contributed by atoms with Gasteiger partial charge in [0.25, 0.3) is 0 Å². The Balaban J connectivity index is 2.42. The van der Waals surface area contributed by atoms with E-state index in [-0.39, 0.29) is 0 Å². The summed E-state index contributed by atoms with van der Waals surface area (Å²) >= 11 is 12.1. The van der Waals surface area contributed by atoms with Crippen LogP contribution in [0.1, 0.15) is 24.4 Å². The van der Waals surface area contributed by atoms with E-state index in [2.05, 4.69) is 5.32 Å². The normalized spacial score (nSPS) is 20.6. The van der Waals surface area contributed by atoms with E-state index < -0.39 is 0 Å². The maximum Gasteiger partial charge on any atom is 0.142 e. The molecule has 1 aliphatic rings. The van der Waals surface area contributed by atoms with Crippen molar-refractivity contribution in [3.05, 3.63) is 27.7 Å². The fourth-order valence-corrected chi connectivity index (χ4v) is 2.59. The van der Waals surface area contributed by atoms with Crippen molar-refractivity contribution in [2.24, 2.45) is 0 Å². The van der Waals surface area contributed by atoms with Crippen LogP contribution in [-0.2, 0) is 0 Å². The van der Waals surface area contributed by atoms with Gasteiger partial charge in [-0.25, -0.2) is 0 Å². The van der Waals surface area contributed by atoms with Gasteiger partial charge in [-0.05, 0) is 31.5 Å². The lowest BCUT2D eigenvalue weighted by Gasteiger charge is -2.16. The molecule has 1 N–H and O–H groups in total. The fraction of sp³-hybridized carbons (Fsp3) is 0.455. The summed E-state index contributed by atoms with van der Waals surface area (Å²) in [5.74, 6) is 0.737. The number of hydrogen-bond acceptors (Lipinski definition) is 2. The highest BCUT2D eigenvalue weighted by Gasteiger charge is 2.21. The second-order valence-corrected chi connectivity index (χ2v) is 4.50. The van der Waals surface area contributed by atoms with Crippen LogP contribution < -0.4 is 10.1 Å². The van der Waals surface area contributed by atoms with Crippen molar-refractivity contribution in [2.75, 3.05) is 13.7 Å². The molecule has 0 aliphatic carbocycles. The van der Waals surface area contributed by atoms with Crippen LogP contribution in [-0.4, -0.2) is 13.7 Å². The predicted octanol–water partition coefficient (Wildman–Crippen LogP) is 3.43. The van der Waals surface area contributed by atoms with E-state index in [1.54, 1.807) is 13.2 Å². The highest BCUT2D eigenvalue weighted by Crippen LogP contribution is 2.38. The van der Waals surface area contributed by atoms with Crippen molar-refractivity contribution in [1.29, 1.82) is 0 Å². The van der Waals surface area contributed by atoms with Crippen LogP contribution in [0.3, 0.4) is 0 Å². The average molecular weight is 246 g/mol. The van der Waals surface area contributed by atoms with Gasteiger partial charge in [0.1, 0.15) is 5.75 Å². The Labute approximate surface area is 99.5 Å². The number of methoxy groups -OCH3 is 1. The Kier molecular flexibility index (Phi) is 3.39. The van der Waals surface area contributed by atoms with Crippen molar-refractivity contribution >= 4 is 23.2 Å². The molecule has 15 heavy (non-hydrogen) atoms. The van der Waals surface area contributed by atoms with E-state index in [9.17, 15) is 0 Å². The van der Waals surface area contributed by atoms with Crippen molar-refractivity contribution in [2.45, 2.75) is 18.9 Å². The van der Waals surface area contributed by atoms with Crippen LogP contribution in [0.4, 0.5) is 0 Å². The molecule has 1 saturated heterocycles. The second kappa shape index (κ2) is 4.60. The minimum atomic E-state index is 0.316. The van der Waals surface area contributed by atoms with Crippen molar-refractivity contribution < 1.29 is 4.74 Å². The number of ether oxygens (including phenoxy) is 1. The quantitative estimate of drug-likeness (QED) is 0.863. The van der Waals surface area contributed by atoms with Crippen LogP contribution in [0.15, 0.2) is 12.1 Å². The summed E-state index contributed by atoms with van der Waals surface area (Å²) in [5.41, 5.74) is 1.06. The summed E-state index contributed by atoms with van der Waals surface area (Å²) in [7, 11) is 1.63. The molecule has 1 aromatic rings. The summed E-state index contributed by atoms with van der Waals surface area (Å²) in [4.78, 5) is 0. The molecule has 0 unspecified atom stereocenters. The van der Waals surface area contributed by atoms with Gasteiger partial charge in [-0.1, -0.05) is 23.2 Å². The first-order chi connectivity index (χ1) is 7.22. The SMILES string of the molecule is COc1c(Cl)cc(Cl)cc1[C@H]1CCCN1. The molecule has 4 heteroatoms. The molecule has 0 spiro atoms. The molecule has 1 atom stereocenters. The standard InChI is InChI=1S/C11H13Cl2NO/c1-15-11-8(10-3-2-4-14-10)5-7(12)6-9(11)13/h5-6,10,14H,2-4H2,1H3/t10-/m1/s1. The molecule has 0 radical (unpaired) electrons. The third kappa shape index (κ3) is 2.22. The number of hydrogen-bond donors (Lipinski definition) is 1. The predicted molar refractivity (Wildman–Crippen MR) is 63.0 cm³/mol. The Morgan fingerprint density at radius 1 is 1.40 bits per heavy atom. The molecule has 82 valence electrons. The second-order valence-electron chi connectivity index (χ2n) is 3.66. The maximum atomic E-state index is 6.08. The van der Waals surface area contributed by atoms with Gasteiger partial charge in [0.2, 0.25) is 0 Å². The first kappa shape index (κ1) is 11.1. The van der Waals surface area contributed by atoms with Crippen LogP contribution in [0, 0.1) is 0 Å². The lowest BCUT2D eigenvalue weighted by Crippen LogP contribution is -2.14. The minimum Gasteiger partial charge on any atom is -0.495 e. The lowest BCUT2D eigenvalue weighted by molar-refractivity contribution is 0.403. The van der Waals surface area contributed by atoms with Gasteiger partial charge in [-0.15, -0.1) is 0 Å². The van der Waals surface area contributed by atoms with E-state index in [0.29, 0.717) is 16.1 Å². The molecule has 1 aromatic carbocycles. The molecule has 0 saturated carbocycles. The number of rotatable bonds is 2. The lowest BCUT2D eigenvalue weighted by atomic mass is 10.0. The molecular weight excluding hydrogens is 233 g/mol. The molecule has 0 aromatic heterocycles. The molecule has 0 amide bonds. The monoisotopic (exact) mass is 245 g/mol. The molecule has 1 heterocycles.